The van der Waals surface area contributed by atoms with Crippen LogP contribution in [0.1, 0.15) is 26.9 Å². The highest BCUT2D eigenvalue weighted by atomic mass is 32.2. The van der Waals surface area contributed by atoms with Crippen molar-refractivity contribution in [3.8, 4) is 0 Å². The number of amides is 1. The van der Waals surface area contributed by atoms with Crippen molar-refractivity contribution in [3.63, 3.8) is 0 Å². The van der Waals surface area contributed by atoms with Crippen LogP contribution in [-0.4, -0.2) is 29.6 Å². The monoisotopic (exact) mass is 345 g/mol. The summed E-state index contributed by atoms with van der Waals surface area (Å²) in [5.41, 5.74) is 2.14. The van der Waals surface area contributed by atoms with Gasteiger partial charge in [-0.25, -0.2) is 9.18 Å². The predicted octanol–water partition coefficient (Wildman–Crippen LogP) is 3.39. The second-order valence-corrected chi connectivity index (χ2v) is 6.50. The summed E-state index contributed by atoms with van der Waals surface area (Å²) in [6.45, 7) is 0.354. The predicted molar refractivity (Wildman–Crippen MR) is 89.9 cm³/mol. The van der Waals surface area contributed by atoms with E-state index < -0.39 is 5.97 Å². The number of methoxy groups -OCH3 is 1. The first-order valence-corrected chi connectivity index (χ1v) is 8.47. The average molecular weight is 345 g/mol. The van der Waals surface area contributed by atoms with E-state index in [0.29, 0.717) is 17.9 Å². The average Bonchev–Trinajstić information content (AvgIpc) is 2.95. The number of ether oxygens (including phenoxy) is 1. The lowest BCUT2D eigenvalue weighted by Crippen LogP contribution is -2.27. The molecule has 0 N–H and O–H groups in total. The SMILES string of the molecule is COC(=O)c1ccc(C2SCC(=O)N2Cc2cccc(F)c2)cc1. The fourth-order valence-corrected chi connectivity index (χ4v) is 3.82. The Labute approximate surface area is 143 Å². The Hall–Kier alpha value is -2.34. The zero-order chi connectivity index (χ0) is 17.1. The molecule has 2 aromatic carbocycles. The maximum Gasteiger partial charge on any atom is 0.337 e. The molecule has 124 valence electrons. The van der Waals surface area contributed by atoms with Crippen LogP contribution in [0.3, 0.4) is 0 Å². The van der Waals surface area contributed by atoms with Crippen LogP contribution in [0.25, 0.3) is 0 Å². The summed E-state index contributed by atoms with van der Waals surface area (Å²) in [4.78, 5) is 25.4. The van der Waals surface area contributed by atoms with Crippen molar-refractivity contribution in [2.24, 2.45) is 0 Å². The second kappa shape index (κ2) is 7.05. The van der Waals surface area contributed by atoms with Gasteiger partial charge in [-0.1, -0.05) is 24.3 Å². The molecule has 0 radical (unpaired) electrons. The lowest BCUT2D eigenvalue weighted by molar-refractivity contribution is -0.128. The summed E-state index contributed by atoms with van der Waals surface area (Å²) in [6.07, 6.45) is 0. The molecule has 0 saturated carbocycles. The van der Waals surface area contributed by atoms with Crippen molar-refractivity contribution >= 4 is 23.6 Å². The van der Waals surface area contributed by atoms with E-state index in [1.54, 1.807) is 29.2 Å². The van der Waals surface area contributed by atoms with E-state index in [4.69, 9.17) is 0 Å². The third kappa shape index (κ3) is 3.43. The zero-order valence-corrected chi connectivity index (χ0v) is 13.9. The maximum atomic E-state index is 13.4. The van der Waals surface area contributed by atoms with Crippen molar-refractivity contribution in [1.29, 1.82) is 0 Å². The van der Waals surface area contributed by atoms with Crippen molar-refractivity contribution in [2.45, 2.75) is 11.9 Å². The van der Waals surface area contributed by atoms with Gasteiger partial charge >= 0.3 is 5.97 Å². The highest BCUT2D eigenvalue weighted by Crippen LogP contribution is 2.39. The number of hydrogen-bond donors (Lipinski definition) is 0. The molecule has 24 heavy (non-hydrogen) atoms. The third-order valence-electron chi connectivity index (χ3n) is 3.83. The molecule has 1 atom stereocenters. The number of benzene rings is 2. The molecule has 4 nitrogen and oxygen atoms in total. The van der Waals surface area contributed by atoms with Crippen molar-refractivity contribution in [2.75, 3.05) is 12.9 Å². The van der Waals surface area contributed by atoms with Crippen LogP contribution >= 0.6 is 11.8 Å². The minimum atomic E-state index is -0.395. The highest BCUT2D eigenvalue weighted by Gasteiger charge is 2.32. The molecule has 2 aromatic rings. The van der Waals surface area contributed by atoms with Crippen molar-refractivity contribution in [1.82, 2.24) is 4.90 Å². The van der Waals surface area contributed by atoms with Crippen LogP contribution < -0.4 is 0 Å². The van der Waals surface area contributed by atoms with Gasteiger partial charge in [0.15, 0.2) is 0 Å². The Morgan fingerprint density at radius 2 is 2.04 bits per heavy atom. The Bertz CT molecular complexity index is 763. The Kier molecular flexibility index (Phi) is 4.85. The summed E-state index contributed by atoms with van der Waals surface area (Å²) in [7, 11) is 1.34. The molecular weight excluding hydrogens is 329 g/mol. The molecule has 1 saturated heterocycles. The van der Waals surface area contributed by atoms with Crippen LogP contribution in [0, 0.1) is 5.82 Å². The van der Waals surface area contributed by atoms with Crippen LogP contribution in [0.2, 0.25) is 0 Å². The number of nitrogens with zero attached hydrogens (tertiary/aromatic N) is 1. The molecule has 3 rings (SSSR count). The maximum absolute atomic E-state index is 13.4. The number of carbonyl (C=O) groups excluding carboxylic acids is 2. The summed E-state index contributed by atoms with van der Waals surface area (Å²) in [5.74, 6) is -0.302. The lowest BCUT2D eigenvalue weighted by Gasteiger charge is -2.24. The van der Waals surface area contributed by atoms with Gasteiger partial charge in [0.2, 0.25) is 5.91 Å². The summed E-state index contributed by atoms with van der Waals surface area (Å²) < 4.78 is 18.0. The van der Waals surface area contributed by atoms with Gasteiger partial charge in [0.25, 0.3) is 0 Å². The lowest BCUT2D eigenvalue weighted by atomic mass is 10.1. The molecule has 0 aromatic heterocycles. The minimum Gasteiger partial charge on any atom is -0.465 e. The van der Waals surface area contributed by atoms with Crippen LogP contribution in [0.4, 0.5) is 4.39 Å². The summed E-state index contributed by atoms with van der Waals surface area (Å²) >= 11 is 1.52. The van der Waals surface area contributed by atoms with Crippen LogP contribution in [-0.2, 0) is 16.1 Å². The van der Waals surface area contributed by atoms with Crippen LogP contribution in [0.15, 0.2) is 48.5 Å². The van der Waals surface area contributed by atoms with E-state index in [-0.39, 0.29) is 17.1 Å². The quantitative estimate of drug-likeness (QED) is 0.797. The molecule has 0 bridgehead atoms. The fraction of sp³-hybridized carbons (Fsp3) is 0.222. The van der Waals surface area contributed by atoms with Crippen molar-refractivity contribution < 1.29 is 18.7 Å². The molecule has 1 fully saturated rings. The number of esters is 1. The normalized spacial score (nSPS) is 17.2. The van der Waals surface area contributed by atoms with E-state index in [0.717, 1.165) is 11.1 Å². The molecule has 0 spiro atoms. The first kappa shape index (κ1) is 16.5. The number of carbonyl (C=O) groups is 2. The molecular formula is C18H16FNO3S. The van der Waals surface area contributed by atoms with Crippen LogP contribution in [0.5, 0.6) is 0 Å². The van der Waals surface area contributed by atoms with E-state index in [1.807, 2.05) is 12.1 Å². The number of thioether (sulfide) groups is 1. The van der Waals surface area contributed by atoms with E-state index in [1.165, 1.54) is 31.0 Å². The number of hydrogen-bond acceptors (Lipinski definition) is 4. The smallest absolute Gasteiger partial charge is 0.337 e. The standard InChI is InChI=1S/C18H16FNO3S/c1-23-18(22)14-7-5-13(6-8-14)17-20(16(21)11-24-17)10-12-3-2-4-15(19)9-12/h2-9,17H,10-11H2,1H3. The third-order valence-corrected chi connectivity index (χ3v) is 5.08. The Morgan fingerprint density at radius 1 is 1.29 bits per heavy atom. The van der Waals surface area contributed by atoms with Gasteiger partial charge in [0.1, 0.15) is 11.2 Å². The van der Waals surface area contributed by atoms with Gasteiger partial charge in [0, 0.05) is 6.54 Å². The van der Waals surface area contributed by atoms with Gasteiger partial charge in [-0.05, 0) is 35.4 Å². The topological polar surface area (TPSA) is 46.6 Å². The number of halogens is 1. The Morgan fingerprint density at radius 3 is 2.71 bits per heavy atom. The van der Waals surface area contributed by atoms with E-state index in [2.05, 4.69) is 4.74 Å². The van der Waals surface area contributed by atoms with Gasteiger partial charge in [-0.2, -0.15) is 0 Å². The largest absolute Gasteiger partial charge is 0.465 e. The van der Waals surface area contributed by atoms with Gasteiger partial charge in [-0.15, -0.1) is 11.8 Å². The minimum absolute atomic E-state index is 0.0197. The molecule has 6 heteroatoms. The fourth-order valence-electron chi connectivity index (χ4n) is 2.63. The molecule has 1 heterocycles. The molecule has 1 amide bonds. The number of rotatable bonds is 4. The van der Waals surface area contributed by atoms with Gasteiger partial charge in [-0.3, -0.25) is 4.79 Å². The van der Waals surface area contributed by atoms with Crippen molar-refractivity contribution in [3.05, 3.63) is 71.0 Å². The zero-order valence-electron chi connectivity index (χ0n) is 13.1. The first-order valence-electron chi connectivity index (χ1n) is 7.42. The second-order valence-electron chi connectivity index (χ2n) is 5.43. The van der Waals surface area contributed by atoms with E-state index >= 15 is 0 Å². The molecule has 1 aliphatic heterocycles. The van der Waals surface area contributed by atoms with Gasteiger partial charge < -0.3 is 9.64 Å². The molecule has 0 aliphatic carbocycles. The summed E-state index contributed by atoms with van der Waals surface area (Å²) in [6, 6.07) is 13.3. The summed E-state index contributed by atoms with van der Waals surface area (Å²) in [5, 5.41) is -0.146. The van der Waals surface area contributed by atoms with Gasteiger partial charge in [0.05, 0.1) is 18.4 Å². The molecule has 1 unspecified atom stereocenters. The highest BCUT2D eigenvalue weighted by molar-refractivity contribution is 8.00. The first-order chi connectivity index (χ1) is 11.6. The van der Waals surface area contributed by atoms with E-state index in [9.17, 15) is 14.0 Å². The Balaban J connectivity index is 1.81. The molecule has 1 aliphatic rings.